The fourth-order valence-corrected chi connectivity index (χ4v) is 3.26. The average Bonchev–Trinajstić information content (AvgIpc) is 2.55. The minimum Gasteiger partial charge on any atom is -0.233 e. The Morgan fingerprint density at radius 2 is 1.70 bits per heavy atom. The van der Waals surface area contributed by atoms with Gasteiger partial charge in [-0.3, -0.25) is 0 Å². The lowest BCUT2D eigenvalue weighted by atomic mass is 9.89. The van der Waals surface area contributed by atoms with Gasteiger partial charge in [0.2, 0.25) is 0 Å². The zero-order chi connectivity index (χ0) is 16.9. The molecule has 0 aliphatic carbocycles. The van der Waals surface area contributed by atoms with E-state index >= 15 is 0 Å². The van der Waals surface area contributed by atoms with E-state index in [9.17, 15) is 8.42 Å². The second-order valence-electron chi connectivity index (χ2n) is 5.73. The third-order valence-corrected chi connectivity index (χ3v) is 5.02. The molecule has 2 rings (SSSR count). The third kappa shape index (κ3) is 4.28. The molecule has 0 aromatic heterocycles. The molecule has 0 saturated heterocycles. The lowest BCUT2D eigenvalue weighted by Gasteiger charge is -2.30. The SMILES string of the molecule is C=CC[C@](C)(NNS(=O)(=O)c1ccc(C)cc1)c1ccccc1. The Labute approximate surface area is 138 Å². The molecule has 0 unspecified atom stereocenters. The van der Waals surface area contributed by atoms with Crippen LogP contribution in [0.15, 0.2) is 72.1 Å². The van der Waals surface area contributed by atoms with Crippen LogP contribution in [0.25, 0.3) is 0 Å². The van der Waals surface area contributed by atoms with E-state index in [2.05, 4.69) is 16.8 Å². The van der Waals surface area contributed by atoms with E-state index in [1.54, 1.807) is 30.3 Å². The van der Waals surface area contributed by atoms with E-state index < -0.39 is 15.6 Å². The smallest absolute Gasteiger partial charge is 0.233 e. The Bertz CT molecular complexity index is 755. The summed E-state index contributed by atoms with van der Waals surface area (Å²) in [6.45, 7) is 7.61. The zero-order valence-electron chi connectivity index (χ0n) is 13.4. The van der Waals surface area contributed by atoms with Crippen molar-refractivity contribution >= 4 is 10.0 Å². The third-order valence-electron chi connectivity index (χ3n) is 3.76. The van der Waals surface area contributed by atoms with Gasteiger partial charge >= 0.3 is 0 Å². The lowest BCUT2D eigenvalue weighted by Crippen LogP contribution is -2.50. The average molecular weight is 330 g/mol. The van der Waals surface area contributed by atoms with Crippen molar-refractivity contribution in [1.82, 2.24) is 10.3 Å². The first kappa shape index (κ1) is 17.4. The number of hydrogen-bond donors (Lipinski definition) is 2. The quantitative estimate of drug-likeness (QED) is 0.605. The highest BCUT2D eigenvalue weighted by Crippen LogP contribution is 2.24. The summed E-state index contributed by atoms with van der Waals surface area (Å²) < 4.78 is 24.9. The van der Waals surface area contributed by atoms with Crippen molar-refractivity contribution in [3.63, 3.8) is 0 Å². The van der Waals surface area contributed by atoms with Gasteiger partial charge in [-0.15, -0.1) is 11.4 Å². The number of sulfonamides is 1. The van der Waals surface area contributed by atoms with Gasteiger partial charge in [0.05, 0.1) is 10.4 Å². The molecule has 23 heavy (non-hydrogen) atoms. The van der Waals surface area contributed by atoms with Crippen molar-refractivity contribution in [1.29, 1.82) is 0 Å². The van der Waals surface area contributed by atoms with Crippen molar-refractivity contribution in [2.24, 2.45) is 0 Å². The van der Waals surface area contributed by atoms with Crippen LogP contribution < -0.4 is 10.3 Å². The summed E-state index contributed by atoms with van der Waals surface area (Å²) in [6.07, 6.45) is 2.34. The van der Waals surface area contributed by atoms with Gasteiger partial charge in [0, 0.05) is 0 Å². The van der Waals surface area contributed by atoms with Crippen molar-refractivity contribution in [3.8, 4) is 0 Å². The van der Waals surface area contributed by atoms with Gasteiger partial charge in [-0.1, -0.05) is 54.1 Å². The summed E-state index contributed by atoms with van der Waals surface area (Å²) in [5, 5.41) is 0. The van der Waals surface area contributed by atoms with E-state index in [-0.39, 0.29) is 4.90 Å². The maximum atomic E-state index is 12.4. The second-order valence-corrected chi connectivity index (χ2v) is 7.42. The molecule has 122 valence electrons. The van der Waals surface area contributed by atoms with Crippen LogP contribution in [0.3, 0.4) is 0 Å². The minimum absolute atomic E-state index is 0.226. The second kappa shape index (κ2) is 7.08. The maximum Gasteiger partial charge on any atom is 0.253 e. The Morgan fingerprint density at radius 1 is 1.09 bits per heavy atom. The van der Waals surface area contributed by atoms with E-state index in [1.807, 2.05) is 44.2 Å². The molecule has 0 spiro atoms. The van der Waals surface area contributed by atoms with E-state index in [0.29, 0.717) is 6.42 Å². The van der Waals surface area contributed by atoms with Crippen molar-refractivity contribution in [2.45, 2.75) is 30.7 Å². The van der Waals surface area contributed by atoms with Gasteiger partial charge in [-0.2, -0.15) is 0 Å². The topological polar surface area (TPSA) is 58.2 Å². The molecule has 2 N–H and O–H groups in total. The summed E-state index contributed by atoms with van der Waals surface area (Å²) in [6, 6.07) is 16.4. The zero-order valence-corrected chi connectivity index (χ0v) is 14.2. The van der Waals surface area contributed by atoms with Crippen LogP contribution in [0.2, 0.25) is 0 Å². The summed E-state index contributed by atoms with van der Waals surface area (Å²) >= 11 is 0. The predicted octanol–water partition coefficient (Wildman–Crippen LogP) is 3.27. The standard InChI is InChI=1S/C18H22N2O2S/c1-4-14-18(3,16-8-6-5-7-9-16)19-20-23(21,22)17-12-10-15(2)11-13-17/h4-13,19-20H,1,14H2,2-3H3/t18-/m0/s1. The first-order chi connectivity index (χ1) is 10.9. The highest BCUT2D eigenvalue weighted by atomic mass is 32.2. The molecule has 0 fully saturated rings. The number of nitrogens with one attached hydrogen (secondary N) is 2. The van der Waals surface area contributed by atoms with Gasteiger partial charge in [0.15, 0.2) is 0 Å². The number of aryl methyl sites for hydroxylation is 1. The summed E-state index contributed by atoms with van der Waals surface area (Å²) in [7, 11) is -3.63. The van der Waals surface area contributed by atoms with Gasteiger partial charge in [-0.05, 0) is 38.0 Å². The number of hydrogen-bond acceptors (Lipinski definition) is 3. The van der Waals surface area contributed by atoms with Crippen LogP contribution in [-0.4, -0.2) is 8.42 Å². The largest absolute Gasteiger partial charge is 0.253 e. The molecular weight excluding hydrogens is 308 g/mol. The highest BCUT2D eigenvalue weighted by Gasteiger charge is 2.27. The van der Waals surface area contributed by atoms with Gasteiger partial charge in [-0.25, -0.2) is 13.8 Å². The summed E-state index contributed by atoms with van der Waals surface area (Å²) in [4.78, 5) is 2.72. The van der Waals surface area contributed by atoms with Crippen molar-refractivity contribution < 1.29 is 8.42 Å². The molecular formula is C18H22N2O2S. The van der Waals surface area contributed by atoms with Crippen molar-refractivity contribution in [3.05, 3.63) is 78.4 Å². The van der Waals surface area contributed by atoms with E-state index in [1.165, 1.54) is 0 Å². The van der Waals surface area contributed by atoms with Crippen LogP contribution in [-0.2, 0) is 15.6 Å². The summed E-state index contributed by atoms with van der Waals surface area (Å²) in [5.74, 6) is 0. The molecule has 0 saturated carbocycles. The van der Waals surface area contributed by atoms with Crippen LogP contribution in [0.5, 0.6) is 0 Å². The molecule has 0 radical (unpaired) electrons. The number of rotatable bonds is 7. The fourth-order valence-electron chi connectivity index (χ4n) is 2.29. The minimum atomic E-state index is -3.63. The Hall–Kier alpha value is -1.95. The van der Waals surface area contributed by atoms with Crippen LogP contribution >= 0.6 is 0 Å². The molecule has 4 nitrogen and oxygen atoms in total. The highest BCUT2D eigenvalue weighted by molar-refractivity contribution is 7.89. The first-order valence-electron chi connectivity index (χ1n) is 7.39. The molecule has 1 atom stereocenters. The van der Waals surface area contributed by atoms with Crippen LogP contribution in [0.1, 0.15) is 24.5 Å². The Kier molecular flexibility index (Phi) is 5.36. The Morgan fingerprint density at radius 3 is 2.26 bits per heavy atom. The van der Waals surface area contributed by atoms with Crippen LogP contribution in [0, 0.1) is 6.92 Å². The molecule has 0 bridgehead atoms. The molecule has 0 amide bonds. The predicted molar refractivity (Wildman–Crippen MR) is 93.2 cm³/mol. The molecule has 2 aromatic carbocycles. The van der Waals surface area contributed by atoms with Crippen LogP contribution in [0.4, 0.5) is 0 Å². The molecule has 0 heterocycles. The Balaban J connectivity index is 2.21. The number of hydrazine groups is 1. The molecule has 2 aromatic rings. The molecule has 5 heteroatoms. The van der Waals surface area contributed by atoms with E-state index in [4.69, 9.17) is 0 Å². The monoisotopic (exact) mass is 330 g/mol. The summed E-state index contributed by atoms with van der Waals surface area (Å²) in [5.41, 5.74) is 4.36. The van der Waals surface area contributed by atoms with Gasteiger partial charge in [0.1, 0.15) is 0 Å². The first-order valence-corrected chi connectivity index (χ1v) is 8.88. The molecule has 0 aliphatic rings. The molecule has 0 aliphatic heterocycles. The van der Waals surface area contributed by atoms with E-state index in [0.717, 1.165) is 11.1 Å². The normalized spacial score (nSPS) is 14.2. The lowest BCUT2D eigenvalue weighted by molar-refractivity contribution is 0.350. The van der Waals surface area contributed by atoms with Gasteiger partial charge < -0.3 is 0 Å². The number of benzene rings is 2. The van der Waals surface area contributed by atoms with Gasteiger partial charge in [0.25, 0.3) is 10.0 Å². The fraction of sp³-hybridized carbons (Fsp3) is 0.222. The maximum absolute atomic E-state index is 12.4. The van der Waals surface area contributed by atoms with Crippen molar-refractivity contribution in [2.75, 3.05) is 0 Å².